The highest BCUT2D eigenvalue weighted by molar-refractivity contribution is 9.10. The molecular formula is C11H8BrN5O. The molecule has 7 heteroatoms. The molecule has 0 fully saturated rings. The van der Waals surface area contributed by atoms with Gasteiger partial charge in [-0.05, 0) is 18.2 Å². The fourth-order valence-electron chi connectivity index (χ4n) is 1.50. The van der Waals surface area contributed by atoms with Crippen LogP contribution in [0.5, 0.6) is 5.75 Å². The summed E-state index contributed by atoms with van der Waals surface area (Å²) in [6.45, 7) is 0. The number of nitrogens with zero attached hydrogens (tertiary/aromatic N) is 3. The van der Waals surface area contributed by atoms with Gasteiger partial charge in [-0.1, -0.05) is 15.9 Å². The number of aromatic nitrogens is 2. The molecule has 0 aliphatic carbocycles. The van der Waals surface area contributed by atoms with Gasteiger partial charge in [-0.3, -0.25) is 0 Å². The molecule has 0 atom stereocenters. The van der Waals surface area contributed by atoms with Crippen molar-refractivity contribution in [3.63, 3.8) is 0 Å². The first-order valence-corrected chi connectivity index (χ1v) is 5.64. The number of nitrogen functional groups attached to an aromatic ring is 2. The van der Waals surface area contributed by atoms with E-state index in [2.05, 4.69) is 25.9 Å². The number of halogens is 1. The third-order valence-electron chi connectivity index (χ3n) is 2.28. The topological polar surface area (TPSA) is 122 Å². The predicted molar refractivity (Wildman–Crippen MR) is 70.4 cm³/mol. The molecule has 1 aromatic carbocycles. The SMILES string of the molecule is N#Cc1c(N)nc(N)nc1-c1cc(Br)ccc1O. The van der Waals surface area contributed by atoms with E-state index in [1.165, 1.54) is 6.07 Å². The minimum atomic E-state index is -0.0547. The zero-order chi connectivity index (χ0) is 13.3. The smallest absolute Gasteiger partial charge is 0.222 e. The van der Waals surface area contributed by atoms with Crippen LogP contribution in [0.2, 0.25) is 0 Å². The molecule has 5 N–H and O–H groups in total. The lowest BCUT2D eigenvalue weighted by molar-refractivity contribution is 0.477. The molecule has 0 unspecified atom stereocenters. The highest BCUT2D eigenvalue weighted by Gasteiger charge is 2.16. The predicted octanol–water partition coefficient (Wildman–Crippen LogP) is 1.65. The second-order valence-corrected chi connectivity index (χ2v) is 4.38. The van der Waals surface area contributed by atoms with Crippen molar-refractivity contribution in [1.82, 2.24) is 9.97 Å². The maximum atomic E-state index is 9.82. The van der Waals surface area contributed by atoms with Crippen LogP contribution in [-0.4, -0.2) is 15.1 Å². The number of aromatic hydroxyl groups is 1. The zero-order valence-electron chi connectivity index (χ0n) is 9.05. The summed E-state index contributed by atoms with van der Waals surface area (Å²) >= 11 is 3.28. The monoisotopic (exact) mass is 305 g/mol. The Morgan fingerprint density at radius 1 is 1.28 bits per heavy atom. The molecule has 0 radical (unpaired) electrons. The van der Waals surface area contributed by atoms with E-state index >= 15 is 0 Å². The van der Waals surface area contributed by atoms with E-state index < -0.39 is 0 Å². The van der Waals surface area contributed by atoms with Gasteiger partial charge in [0.2, 0.25) is 5.95 Å². The van der Waals surface area contributed by atoms with E-state index in [0.717, 1.165) is 4.47 Å². The number of nitrogens with two attached hydrogens (primary N) is 2. The average Bonchev–Trinajstić information content (AvgIpc) is 2.31. The molecule has 0 bridgehead atoms. The third kappa shape index (κ3) is 2.06. The van der Waals surface area contributed by atoms with Crippen molar-refractivity contribution < 1.29 is 5.11 Å². The Morgan fingerprint density at radius 2 is 2.00 bits per heavy atom. The van der Waals surface area contributed by atoms with Gasteiger partial charge in [0, 0.05) is 10.0 Å². The van der Waals surface area contributed by atoms with Crippen molar-refractivity contribution in [3.8, 4) is 23.1 Å². The van der Waals surface area contributed by atoms with Gasteiger partial charge in [0.25, 0.3) is 0 Å². The Morgan fingerprint density at radius 3 is 2.67 bits per heavy atom. The largest absolute Gasteiger partial charge is 0.507 e. The quantitative estimate of drug-likeness (QED) is 0.736. The summed E-state index contributed by atoms with van der Waals surface area (Å²) in [6, 6.07) is 6.67. The molecule has 0 aliphatic rings. The van der Waals surface area contributed by atoms with Crippen LogP contribution < -0.4 is 11.5 Å². The van der Waals surface area contributed by atoms with Gasteiger partial charge in [0.1, 0.15) is 23.2 Å². The zero-order valence-corrected chi connectivity index (χ0v) is 10.6. The normalized spacial score (nSPS) is 10.0. The fraction of sp³-hybridized carbons (Fsp3) is 0. The van der Waals surface area contributed by atoms with E-state index in [9.17, 15) is 5.11 Å². The van der Waals surface area contributed by atoms with Crippen LogP contribution in [0.15, 0.2) is 22.7 Å². The van der Waals surface area contributed by atoms with E-state index in [-0.39, 0.29) is 28.8 Å². The highest BCUT2D eigenvalue weighted by Crippen LogP contribution is 2.34. The Bertz CT molecular complexity index is 665. The number of nitriles is 1. The van der Waals surface area contributed by atoms with Gasteiger partial charge in [0.05, 0.1) is 5.69 Å². The number of phenolic OH excluding ortho intramolecular Hbond substituents is 1. The first-order chi connectivity index (χ1) is 8.52. The Labute approximate surface area is 111 Å². The second-order valence-electron chi connectivity index (χ2n) is 3.46. The molecule has 1 heterocycles. The van der Waals surface area contributed by atoms with Gasteiger partial charge < -0.3 is 16.6 Å². The lowest BCUT2D eigenvalue weighted by Crippen LogP contribution is -2.05. The summed E-state index contributed by atoms with van der Waals surface area (Å²) in [6.07, 6.45) is 0. The standard InChI is InChI=1S/C11H8BrN5O/c12-5-1-2-8(18)6(3-5)9-7(4-13)10(14)17-11(15)16-9/h1-3,18H,(H4,14,15,16,17). The summed E-state index contributed by atoms with van der Waals surface area (Å²) in [7, 11) is 0. The Kier molecular flexibility index (Phi) is 3.04. The Balaban J connectivity index is 2.78. The molecule has 1 aromatic heterocycles. The second kappa shape index (κ2) is 4.50. The molecule has 90 valence electrons. The summed E-state index contributed by atoms with van der Waals surface area (Å²) in [5.74, 6) is -0.0903. The van der Waals surface area contributed by atoms with Gasteiger partial charge in [-0.25, -0.2) is 4.98 Å². The van der Waals surface area contributed by atoms with Crippen LogP contribution in [0.4, 0.5) is 11.8 Å². The first-order valence-electron chi connectivity index (χ1n) is 4.85. The van der Waals surface area contributed by atoms with Gasteiger partial charge in [0.15, 0.2) is 0 Å². The van der Waals surface area contributed by atoms with E-state index in [1.54, 1.807) is 12.1 Å². The van der Waals surface area contributed by atoms with E-state index in [0.29, 0.717) is 5.56 Å². The van der Waals surface area contributed by atoms with Gasteiger partial charge >= 0.3 is 0 Å². The molecule has 2 aromatic rings. The van der Waals surface area contributed by atoms with Crippen LogP contribution in [0.25, 0.3) is 11.3 Å². The number of hydrogen-bond donors (Lipinski definition) is 3. The van der Waals surface area contributed by atoms with E-state index in [4.69, 9.17) is 16.7 Å². The molecule has 0 amide bonds. The third-order valence-corrected chi connectivity index (χ3v) is 2.77. The molecule has 0 saturated heterocycles. The van der Waals surface area contributed by atoms with Crippen LogP contribution in [0.1, 0.15) is 5.56 Å². The van der Waals surface area contributed by atoms with Crippen molar-refractivity contribution >= 4 is 27.7 Å². The minimum Gasteiger partial charge on any atom is -0.507 e. The van der Waals surface area contributed by atoms with Crippen LogP contribution in [0.3, 0.4) is 0 Å². The van der Waals surface area contributed by atoms with Crippen LogP contribution in [0, 0.1) is 11.3 Å². The molecule has 0 aliphatic heterocycles. The molecule has 6 nitrogen and oxygen atoms in total. The molecule has 0 spiro atoms. The van der Waals surface area contributed by atoms with Crippen LogP contribution in [-0.2, 0) is 0 Å². The highest BCUT2D eigenvalue weighted by atomic mass is 79.9. The number of phenols is 1. The number of hydrogen-bond acceptors (Lipinski definition) is 6. The van der Waals surface area contributed by atoms with E-state index in [1.807, 2.05) is 6.07 Å². The number of benzene rings is 1. The molecular weight excluding hydrogens is 298 g/mol. The lowest BCUT2D eigenvalue weighted by Gasteiger charge is -2.08. The minimum absolute atomic E-state index is 0.0145. The Hall–Kier alpha value is -2.33. The summed E-state index contributed by atoms with van der Waals surface area (Å²) in [5, 5.41) is 18.9. The maximum absolute atomic E-state index is 9.82. The molecule has 0 saturated carbocycles. The summed E-state index contributed by atoms with van der Waals surface area (Å²) in [4.78, 5) is 7.67. The van der Waals surface area contributed by atoms with Crippen molar-refractivity contribution in [3.05, 3.63) is 28.2 Å². The maximum Gasteiger partial charge on any atom is 0.222 e. The van der Waals surface area contributed by atoms with Crippen molar-refractivity contribution in [2.24, 2.45) is 0 Å². The number of anilines is 2. The summed E-state index contributed by atoms with van der Waals surface area (Å²) in [5.41, 5.74) is 11.8. The number of rotatable bonds is 1. The van der Waals surface area contributed by atoms with Gasteiger partial charge in [-0.15, -0.1) is 0 Å². The van der Waals surface area contributed by atoms with Crippen LogP contribution >= 0.6 is 15.9 Å². The van der Waals surface area contributed by atoms with Gasteiger partial charge in [-0.2, -0.15) is 10.2 Å². The molecule has 18 heavy (non-hydrogen) atoms. The molecule has 2 rings (SSSR count). The van der Waals surface area contributed by atoms with Crippen molar-refractivity contribution in [2.45, 2.75) is 0 Å². The first kappa shape index (κ1) is 12.1. The van der Waals surface area contributed by atoms with Crippen molar-refractivity contribution in [1.29, 1.82) is 5.26 Å². The lowest BCUT2D eigenvalue weighted by atomic mass is 10.1. The van der Waals surface area contributed by atoms with Crippen molar-refractivity contribution in [2.75, 3.05) is 11.5 Å². The summed E-state index contributed by atoms with van der Waals surface area (Å²) < 4.78 is 0.731. The fourth-order valence-corrected chi connectivity index (χ4v) is 1.86. The average molecular weight is 306 g/mol.